The zero-order valence-electron chi connectivity index (χ0n) is 19.9. The summed E-state index contributed by atoms with van der Waals surface area (Å²) < 4.78 is 5.42. The highest BCUT2D eigenvalue weighted by molar-refractivity contribution is 6.08. The van der Waals surface area contributed by atoms with E-state index in [-0.39, 0.29) is 17.7 Å². The summed E-state index contributed by atoms with van der Waals surface area (Å²) in [6.45, 7) is 2.20. The van der Waals surface area contributed by atoms with Gasteiger partial charge in [0.15, 0.2) is 0 Å². The Morgan fingerprint density at radius 2 is 1.66 bits per heavy atom. The van der Waals surface area contributed by atoms with Crippen molar-refractivity contribution in [3.8, 4) is 0 Å². The van der Waals surface area contributed by atoms with Gasteiger partial charge >= 0.3 is 5.97 Å². The number of hydrogen-bond acceptors (Lipinski definition) is 4. The Hall–Kier alpha value is -3.99. The number of hydrazone groups is 1. The molecule has 2 aliphatic rings. The van der Waals surface area contributed by atoms with E-state index in [0.29, 0.717) is 11.6 Å². The minimum atomic E-state index is -0.556. The lowest BCUT2D eigenvalue weighted by Gasteiger charge is -2.10. The van der Waals surface area contributed by atoms with Crippen molar-refractivity contribution in [3.05, 3.63) is 119 Å². The Kier molecular flexibility index (Phi) is 8.23. The van der Waals surface area contributed by atoms with Gasteiger partial charge in [0.2, 0.25) is 0 Å². The average Bonchev–Trinajstić information content (AvgIpc) is 3.45. The van der Waals surface area contributed by atoms with Crippen LogP contribution in [0.3, 0.4) is 0 Å². The van der Waals surface area contributed by atoms with Gasteiger partial charge in [-0.3, -0.25) is 4.79 Å². The van der Waals surface area contributed by atoms with Crippen molar-refractivity contribution in [1.29, 1.82) is 0 Å². The second-order valence-corrected chi connectivity index (χ2v) is 8.81. The maximum Gasteiger partial charge on any atom is 0.339 e. The Balaban J connectivity index is 1.45. The molecule has 0 spiro atoms. The van der Waals surface area contributed by atoms with Crippen LogP contribution < -0.4 is 5.43 Å². The summed E-state index contributed by atoms with van der Waals surface area (Å²) in [7, 11) is 0. The number of esters is 1. The molecule has 35 heavy (non-hydrogen) atoms. The molecule has 1 amide bonds. The van der Waals surface area contributed by atoms with Crippen LogP contribution >= 0.6 is 0 Å². The van der Waals surface area contributed by atoms with Crippen LogP contribution in [0, 0.1) is 5.92 Å². The molecule has 0 radical (unpaired) electrons. The van der Waals surface area contributed by atoms with E-state index < -0.39 is 11.9 Å². The van der Waals surface area contributed by atoms with Gasteiger partial charge in [-0.1, -0.05) is 85.2 Å². The van der Waals surface area contributed by atoms with Gasteiger partial charge in [-0.15, -0.1) is 0 Å². The molecule has 2 aromatic rings. The monoisotopic (exact) mass is 466 g/mol. The van der Waals surface area contributed by atoms with Crippen molar-refractivity contribution in [3.63, 3.8) is 0 Å². The lowest BCUT2D eigenvalue weighted by atomic mass is 9.95. The largest absolute Gasteiger partial charge is 0.457 e. The Morgan fingerprint density at radius 3 is 2.43 bits per heavy atom. The average molecular weight is 467 g/mol. The molecule has 0 atom stereocenters. The van der Waals surface area contributed by atoms with E-state index >= 15 is 0 Å². The highest BCUT2D eigenvalue weighted by Crippen LogP contribution is 2.32. The van der Waals surface area contributed by atoms with Crippen molar-refractivity contribution in [2.24, 2.45) is 11.0 Å². The van der Waals surface area contributed by atoms with Crippen molar-refractivity contribution >= 4 is 17.6 Å². The van der Waals surface area contributed by atoms with E-state index in [2.05, 4.69) is 29.6 Å². The van der Waals surface area contributed by atoms with Gasteiger partial charge in [0.25, 0.3) is 5.91 Å². The van der Waals surface area contributed by atoms with E-state index in [4.69, 9.17) is 4.74 Å². The van der Waals surface area contributed by atoms with Crippen molar-refractivity contribution in [1.82, 2.24) is 5.43 Å². The molecule has 1 saturated carbocycles. The summed E-state index contributed by atoms with van der Waals surface area (Å²) in [4.78, 5) is 25.6. The maximum atomic E-state index is 12.9. The van der Waals surface area contributed by atoms with Gasteiger partial charge in [-0.25, -0.2) is 10.2 Å². The third kappa shape index (κ3) is 6.76. The second-order valence-electron chi connectivity index (χ2n) is 8.81. The molecule has 4 rings (SSSR count). The lowest BCUT2D eigenvalue weighted by molar-refractivity contribution is 0.0469. The first kappa shape index (κ1) is 24.1. The lowest BCUT2D eigenvalue weighted by Crippen LogP contribution is -2.22. The summed E-state index contributed by atoms with van der Waals surface area (Å²) in [5, 5.41) is 4.29. The predicted octanol–water partition coefficient (Wildman–Crippen LogP) is 6.32. The first-order chi connectivity index (χ1) is 17.1. The van der Waals surface area contributed by atoms with Crippen LogP contribution in [0.2, 0.25) is 0 Å². The molecule has 0 saturated heterocycles. The number of hydrogen-bond donors (Lipinski definition) is 1. The van der Waals surface area contributed by atoms with Gasteiger partial charge in [0, 0.05) is 0 Å². The summed E-state index contributed by atoms with van der Waals surface area (Å²) in [5.41, 5.74) is 6.96. The van der Waals surface area contributed by atoms with Crippen molar-refractivity contribution in [2.75, 3.05) is 0 Å². The molecule has 2 aromatic carbocycles. The molecule has 2 aliphatic carbocycles. The number of benzene rings is 2. The summed E-state index contributed by atoms with van der Waals surface area (Å²) in [6.07, 6.45) is 17.1. The van der Waals surface area contributed by atoms with E-state index in [0.717, 1.165) is 11.1 Å². The number of nitrogens with zero attached hydrogens (tertiary/aromatic N) is 1. The standard InChI is InChI=1S/C30H30N2O3/c1-22-18-19-26(15-9-14-25(20-22)24-12-5-6-13-24)31-32-29(33)27-16-7-8-17-28(27)30(34)35-21-23-10-3-2-4-11-23/h2-4,7-11,14-20,24H,5-6,12-13,21H2,1H3,(H,32,33)/b15-9-,19-18?,22-20?,25-14+,31-26+. The fraction of sp³-hybridized carbons (Fsp3) is 0.233. The maximum absolute atomic E-state index is 12.9. The normalized spacial score (nSPS) is 19.6. The third-order valence-corrected chi connectivity index (χ3v) is 6.18. The quantitative estimate of drug-likeness (QED) is 0.400. The molecular formula is C30H30N2O3. The molecular weight excluding hydrogens is 436 g/mol. The predicted molar refractivity (Wildman–Crippen MR) is 139 cm³/mol. The first-order valence-corrected chi connectivity index (χ1v) is 12.0. The highest BCUT2D eigenvalue weighted by Gasteiger charge is 2.19. The van der Waals surface area contributed by atoms with Crippen LogP contribution in [0.25, 0.3) is 0 Å². The molecule has 0 bridgehead atoms. The van der Waals surface area contributed by atoms with Crippen LogP contribution in [-0.2, 0) is 11.3 Å². The fourth-order valence-electron chi connectivity index (χ4n) is 4.31. The van der Waals surface area contributed by atoms with Gasteiger partial charge in [-0.05, 0) is 61.1 Å². The zero-order chi connectivity index (χ0) is 24.5. The third-order valence-electron chi connectivity index (χ3n) is 6.18. The van der Waals surface area contributed by atoms with Crippen LogP contribution in [0.4, 0.5) is 0 Å². The highest BCUT2D eigenvalue weighted by atomic mass is 16.5. The Bertz CT molecular complexity index is 1210. The van der Waals surface area contributed by atoms with Crippen LogP contribution in [0.1, 0.15) is 58.9 Å². The number of rotatable bonds is 6. The smallest absolute Gasteiger partial charge is 0.339 e. The molecule has 0 heterocycles. The molecule has 0 aromatic heterocycles. The summed E-state index contributed by atoms with van der Waals surface area (Å²) in [6, 6.07) is 16.0. The van der Waals surface area contributed by atoms with Crippen molar-refractivity contribution in [2.45, 2.75) is 39.2 Å². The topological polar surface area (TPSA) is 67.8 Å². The van der Waals surface area contributed by atoms with E-state index in [1.165, 1.54) is 31.3 Å². The Labute approximate surface area is 206 Å². The number of carbonyl (C=O) groups is 2. The minimum Gasteiger partial charge on any atom is -0.457 e. The summed E-state index contributed by atoms with van der Waals surface area (Å²) >= 11 is 0. The molecule has 178 valence electrons. The Morgan fingerprint density at radius 1 is 0.943 bits per heavy atom. The second kappa shape index (κ2) is 11.9. The first-order valence-electron chi connectivity index (χ1n) is 12.0. The van der Waals surface area contributed by atoms with Crippen LogP contribution in [0.5, 0.6) is 0 Å². The number of nitrogens with one attached hydrogen (secondary N) is 1. The molecule has 1 N–H and O–H groups in total. The van der Waals surface area contributed by atoms with Gasteiger partial charge in [-0.2, -0.15) is 5.10 Å². The molecule has 1 fully saturated rings. The number of allylic oxidation sites excluding steroid dienone is 8. The molecule has 5 heteroatoms. The fourth-order valence-corrected chi connectivity index (χ4v) is 4.31. The van der Waals surface area contributed by atoms with E-state index in [1.54, 1.807) is 24.3 Å². The number of ether oxygens (including phenoxy) is 1. The SMILES string of the molecule is CC1=C\C(C2CCCC2)=C/C=C\C(=N/NC(=O)c2ccccc2C(=O)OCc2ccccc2)C=C1. The van der Waals surface area contributed by atoms with Gasteiger partial charge < -0.3 is 4.74 Å². The molecule has 0 aliphatic heterocycles. The van der Waals surface area contributed by atoms with Crippen molar-refractivity contribution < 1.29 is 14.3 Å². The van der Waals surface area contributed by atoms with E-state index in [9.17, 15) is 9.59 Å². The van der Waals surface area contributed by atoms with Gasteiger partial charge in [0.05, 0.1) is 16.8 Å². The minimum absolute atomic E-state index is 0.136. The van der Waals surface area contributed by atoms with E-state index in [1.807, 2.05) is 54.6 Å². The number of carbonyl (C=O) groups excluding carboxylic acids is 2. The molecule has 0 unspecified atom stereocenters. The number of amides is 1. The molecule has 5 nitrogen and oxygen atoms in total. The van der Waals surface area contributed by atoms with Gasteiger partial charge in [0.1, 0.15) is 6.61 Å². The van der Waals surface area contributed by atoms with Crippen LogP contribution in [0.15, 0.2) is 107 Å². The summed E-state index contributed by atoms with van der Waals surface area (Å²) in [5.74, 6) is -0.417. The van der Waals surface area contributed by atoms with Crippen LogP contribution in [-0.4, -0.2) is 17.6 Å². The zero-order valence-corrected chi connectivity index (χ0v) is 19.9.